The molecule has 140 valence electrons. The molecule has 1 aromatic carbocycles. The van der Waals surface area contributed by atoms with Gasteiger partial charge in [-0.15, -0.1) is 0 Å². The second-order valence-corrected chi connectivity index (χ2v) is 8.30. The van der Waals surface area contributed by atoms with Crippen molar-refractivity contribution in [3.05, 3.63) is 29.3 Å². The lowest BCUT2D eigenvalue weighted by Crippen LogP contribution is -2.65. The van der Waals surface area contributed by atoms with Crippen molar-refractivity contribution in [1.29, 1.82) is 0 Å². The Labute approximate surface area is 152 Å². The van der Waals surface area contributed by atoms with Crippen LogP contribution in [0.2, 0.25) is 0 Å². The quantitative estimate of drug-likeness (QED) is 0.841. The molecule has 0 saturated heterocycles. The molecule has 1 fully saturated rings. The number of aliphatic hydroxyl groups is 1. The van der Waals surface area contributed by atoms with E-state index in [1.54, 1.807) is 6.92 Å². The molecule has 26 heavy (non-hydrogen) atoms. The van der Waals surface area contributed by atoms with Crippen molar-refractivity contribution in [2.24, 2.45) is 0 Å². The molecule has 0 spiro atoms. The Morgan fingerprint density at radius 3 is 2.69 bits per heavy atom. The van der Waals surface area contributed by atoms with Crippen molar-refractivity contribution < 1.29 is 18.8 Å². The lowest BCUT2D eigenvalue weighted by molar-refractivity contribution is -0.0628. The van der Waals surface area contributed by atoms with E-state index in [0.717, 1.165) is 24.1 Å². The van der Waals surface area contributed by atoms with Crippen LogP contribution in [0.4, 0.5) is 10.1 Å². The van der Waals surface area contributed by atoms with Gasteiger partial charge in [0.15, 0.2) is 0 Å². The molecular weight excluding hydrogens is 335 g/mol. The number of nitrogens with one attached hydrogen (secondary N) is 1. The summed E-state index contributed by atoms with van der Waals surface area (Å²) in [6.45, 7) is 7.79. The molecule has 2 atom stereocenters. The summed E-state index contributed by atoms with van der Waals surface area (Å²) in [7, 11) is 1.48. The van der Waals surface area contributed by atoms with Crippen molar-refractivity contribution in [3.63, 3.8) is 0 Å². The van der Waals surface area contributed by atoms with E-state index in [-0.39, 0.29) is 11.7 Å². The van der Waals surface area contributed by atoms with E-state index in [9.17, 15) is 5.11 Å². The predicted molar refractivity (Wildman–Crippen MR) is 97.0 cm³/mol. The minimum Gasteiger partial charge on any atom is -0.478 e. The molecule has 2 aromatic rings. The van der Waals surface area contributed by atoms with Gasteiger partial charge >= 0.3 is 0 Å². The second kappa shape index (κ2) is 5.22. The van der Waals surface area contributed by atoms with Crippen LogP contribution in [-0.2, 0) is 5.41 Å². The van der Waals surface area contributed by atoms with Crippen molar-refractivity contribution in [2.45, 2.75) is 63.5 Å². The van der Waals surface area contributed by atoms with Crippen LogP contribution in [-0.4, -0.2) is 28.5 Å². The standard InChI is InChI=1S/C20H25FN2O3/c1-11-16(17(25-5)23-26-11)12-9-13-15(10-14(12)21)22-18(2,3)20(24)8-6-7-19(13,20)4/h9-10,22,24H,6-8H2,1-5H3. The maximum Gasteiger partial charge on any atom is 0.262 e. The smallest absolute Gasteiger partial charge is 0.262 e. The van der Waals surface area contributed by atoms with E-state index in [1.807, 2.05) is 19.9 Å². The number of halogens is 1. The number of aromatic nitrogens is 1. The van der Waals surface area contributed by atoms with Crippen LogP contribution < -0.4 is 10.1 Å². The first-order valence-corrected chi connectivity index (χ1v) is 9.00. The van der Waals surface area contributed by atoms with Crippen LogP contribution in [0.3, 0.4) is 0 Å². The number of nitrogens with zero attached hydrogens (tertiary/aromatic N) is 1. The van der Waals surface area contributed by atoms with Gasteiger partial charge in [-0.2, -0.15) is 0 Å². The van der Waals surface area contributed by atoms with Gasteiger partial charge in [0.25, 0.3) is 5.88 Å². The first kappa shape index (κ1) is 17.3. The molecule has 2 heterocycles. The summed E-state index contributed by atoms with van der Waals surface area (Å²) in [5.41, 5.74) is 0.644. The molecule has 0 bridgehead atoms. The topological polar surface area (TPSA) is 67.5 Å². The third-order valence-corrected chi connectivity index (χ3v) is 6.61. The van der Waals surface area contributed by atoms with Crippen molar-refractivity contribution >= 4 is 5.69 Å². The molecule has 1 aliphatic heterocycles. The van der Waals surface area contributed by atoms with Crippen LogP contribution in [0, 0.1) is 12.7 Å². The summed E-state index contributed by atoms with van der Waals surface area (Å²) >= 11 is 0. The number of fused-ring (bicyclic) bond motifs is 3. The minimum absolute atomic E-state index is 0.261. The highest BCUT2D eigenvalue weighted by atomic mass is 19.1. The molecular formula is C20H25FN2O3. The Balaban J connectivity index is 1.98. The van der Waals surface area contributed by atoms with Gasteiger partial charge in [0.2, 0.25) is 0 Å². The highest BCUT2D eigenvalue weighted by Gasteiger charge is 2.62. The van der Waals surface area contributed by atoms with Gasteiger partial charge in [0.05, 0.1) is 23.8 Å². The number of ether oxygens (including phenoxy) is 1. The largest absolute Gasteiger partial charge is 0.478 e. The summed E-state index contributed by atoms with van der Waals surface area (Å²) in [5, 5.41) is 18.8. The fourth-order valence-corrected chi connectivity index (χ4v) is 5.10. The third kappa shape index (κ3) is 1.96. The number of aryl methyl sites for hydroxylation is 1. The first-order valence-electron chi connectivity index (χ1n) is 9.00. The summed E-state index contributed by atoms with van der Waals surface area (Å²) in [6, 6.07) is 3.34. The summed E-state index contributed by atoms with van der Waals surface area (Å²) in [6.07, 6.45) is 2.50. The summed E-state index contributed by atoms with van der Waals surface area (Å²) < 4.78 is 25.5. The van der Waals surface area contributed by atoms with Crippen molar-refractivity contribution in [2.75, 3.05) is 12.4 Å². The summed E-state index contributed by atoms with van der Waals surface area (Å²) in [4.78, 5) is 0. The average molecular weight is 360 g/mol. The van der Waals surface area contributed by atoms with Gasteiger partial charge in [-0.05, 0) is 62.9 Å². The highest BCUT2D eigenvalue weighted by Crippen LogP contribution is 2.59. The number of methoxy groups -OCH3 is 1. The molecule has 1 aromatic heterocycles. The monoisotopic (exact) mass is 360 g/mol. The Morgan fingerprint density at radius 2 is 2.00 bits per heavy atom. The summed E-state index contributed by atoms with van der Waals surface area (Å²) in [5.74, 6) is 0.387. The molecule has 2 unspecified atom stereocenters. The van der Waals surface area contributed by atoms with Gasteiger partial charge in [-0.3, -0.25) is 0 Å². The van der Waals surface area contributed by atoms with E-state index in [0.29, 0.717) is 23.3 Å². The second-order valence-electron chi connectivity index (χ2n) is 8.30. The molecule has 0 radical (unpaired) electrons. The normalized spacial score (nSPS) is 29.0. The highest BCUT2D eigenvalue weighted by molar-refractivity contribution is 5.76. The van der Waals surface area contributed by atoms with Gasteiger partial charge < -0.3 is 19.7 Å². The molecule has 1 aliphatic carbocycles. The van der Waals surface area contributed by atoms with E-state index in [1.165, 1.54) is 13.2 Å². The van der Waals surface area contributed by atoms with Gasteiger partial charge in [0, 0.05) is 16.7 Å². The predicted octanol–water partition coefficient (Wildman–Crippen LogP) is 4.17. The minimum atomic E-state index is -0.907. The Kier molecular flexibility index (Phi) is 3.48. The van der Waals surface area contributed by atoms with Crippen LogP contribution in [0.25, 0.3) is 11.1 Å². The van der Waals surface area contributed by atoms with E-state index < -0.39 is 16.6 Å². The fraction of sp³-hybridized carbons (Fsp3) is 0.550. The molecule has 2 aliphatic rings. The van der Waals surface area contributed by atoms with Crippen LogP contribution in [0.5, 0.6) is 5.88 Å². The molecule has 1 saturated carbocycles. The SMILES string of the molecule is COc1noc(C)c1-c1cc2c(cc1F)NC(C)(C)C1(O)CCCC21C. The number of benzene rings is 1. The van der Waals surface area contributed by atoms with Crippen molar-refractivity contribution in [3.8, 4) is 17.0 Å². The molecule has 0 amide bonds. The lowest BCUT2D eigenvalue weighted by atomic mass is 9.60. The Hall–Kier alpha value is -2.08. The van der Waals surface area contributed by atoms with Crippen molar-refractivity contribution in [1.82, 2.24) is 5.16 Å². The van der Waals surface area contributed by atoms with E-state index in [4.69, 9.17) is 9.26 Å². The zero-order valence-corrected chi connectivity index (χ0v) is 15.9. The first-order chi connectivity index (χ1) is 12.1. The van der Waals surface area contributed by atoms with Gasteiger partial charge in [-0.25, -0.2) is 4.39 Å². The molecule has 6 heteroatoms. The number of rotatable bonds is 2. The zero-order chi connectivity index (χ0) is 18.9. The molecule has 2 N–H and O–H groups in total. The lowest BCUT2D eigenvalue weighted by Gasteiger charge is -2.55. The molecule has 5 nitrogen and oxygen atoms in total. The van der Waals surface area contributed by atoms with Crippen LogP contribution >= 0.6 is 0 Å². The molecule has 4 rings (SSSR count). The number of anilines is 1. The third-order valence-electron chi connectivity index (χ3n) is 6.61. The number of hydrogen-bond donors (Lipinski definition) is 2. The Morgan fingerprint density at radius 1 is 1.27 bits per heavy atom. The number of hydrogen-bond acceptors (Lipinski definition) is 5. The van der Waals surface area contributed by atoms with Crippen LogP contribution in [0.1, 0.15) is 51.4 Å². The van der Waals surface area contributed by atoms with Gasteiger partial charge in [-0.1, -0.05) is 6.92 Å². The van der Waals surface area contributed by atoms with Crippen LogP contribution in [0.15, 0.2) is 16.7 Å². The zero-order valence-electron chi connectivity index (χ0n) is 15.9. The maximum atomic E-state index is 15.0. The maximum absolute atomic E-state index is 15.0. The van der Waals surface area contributed by atoms with E-state index >= 15 is 4.39 Å². The van der Waals surface area contributed by atoms with Gasteiger partial charge in [0.1, 0.15) is 11.6 Å². The average Bonchev–Trinajstić information content (AvgIpc) is 3.09. The Bertz CT molecular complexity index is 891. The van der Waals surface area contributed by atoms with E-state index in [2.05, 4.69) is 17.4 Å². The fourth-order valence-electron chi connectivity index (χ4n) is 5.10.